The Morgan fingerprint density at radius 2 is 1.95 bits per heavy atom. The molecule has 2 atom stereocenters. The number of hydrogen-bond donors (Lipinski definition) is 2. The van der Waals surface area contributed by atoms with E-state index in [1.54, 1.807) is 20.8 Å². The summed E-state index contributed by atoms with van der Waals surface area (Å²) < 4.78 is 32.2. The van der Waals surface area contributed by atoms with E-state index >= 15 is 0 Å². The normalized spacial score (nSPS) is 14.7. The minimum atomic E-state index is -3.95. The Labute approximate surface area is 129 Å². The van der Waals surface area contributed by atoms with Crippen molar-refractivity contribution in [3.8, 4) is 0 Å². The second-order valence-electron chi connectivity index (χ2n) is 4.76. The molecular formula is C13H18ClNO5S. The maximum atomic E-state index is 12.4. The zero-order valence-electron chi connectivity index (χ0n) is 12.2. The maximum absolute atomic E-state index is 12.4. The molecule has 0 fully saturated rings. The molecule has 0 radical (unpaired) electrons. The summed E-state index contributed by atoms with van der Waals surface area (Å²) in [6.45, 7) is 4.91. The molecule has 2 N–H and O–H groups in total. The summed E-state index contributed by atoms with van der Waals surface area (Å²) in [6.07, 6.45) is -0.345. The first kappa shape index (κ1) is 17.9. The lowest BCUT2D eigenvalue weighted by atomic mass is 10.1. The lowest BCUT2D eigenvalue weighted by molar-refractivity contribution is 0.0696. The highest BCUT2D eigenvalue weighted by Crippen LogP contribution is 2.27. The van der Waals surface area contributed by atoms with E-state index in [-0.39, 0.29) is 21.6 Å². The van der Waals surface area contributed by atoms with E-state index < -0.39 is 22.0 Å². The molecule has 118 valence electrons. The van der Waals surface area contributed by atoms with Gasteiger partial charge in [-0.15, -0.1) is 0 Å². The first-order valence-electron chi connectivity index (χ1n) is 6.18. The molecule has 1 aromatic rings. The van der Waals surface area contributed by atoms with Crippen molar-refractivity contribution >= 4 is 27.6 Å². The molecule has 0 aliphatic carbocycles. The highest BCUT2D eigenvalue weighted by atomic mass is 35.5. The smallest absolute Gasteiger partial charge is 0.335 e. The van der Waals surface area contributed by atoms with Crippen LogP contribution < -0.4 is 4.72 Å². The van der Waals surface area contributed by atoms with Crippen LogP contribution >= 0.6 is 11.6 Å². The number of aryl methyl sites for hydroxylation is 1. The molecule has 1 aromatic carbocycles. The number of halogens is 1. The van der Waals surface area contributed by atoms with Crippen molar-refractivity contribution in [2.24, 2.45) is 0 Å². The van der Waals surface area contributed by atoms with E-state index in [2.05, 4.69) is 4.72 Å². The third-order valence-electron chi connectivity index (χ3n) is 3.17. The van der Waals surface area contributed by atoms with Crippen molar-refractivity contribution in [2.45, 2.75) is 37.8 Å². The van der Waals surface area contributed by atoms with Crippen molar-refractivity contribution in [1.82, 2.24) is 4.72 Å². The van der Waals surface area contributed by atoms with E-state index in [9.17, 15) is 13.2 Å². The van der Waals surface area contributed by atoms with Gasteiger partial charge >= 0.3 is 5.97 Å². The first-order chi connectivity index (χ1) is 9.60. The molecule has 0 aliphatic rings. The van der Waals surface area contributed by atoms with Crippen LogP contribution in [0.2, 0.25) is 5.02 Å². The fourth-order valence-corrected chi connectivity index (χ4v) is 3.57. The van der Waals surface area contributed by atoms with Crippen LogP contribution in [0, 0.1) is 6.92 Å². The maximum Gasteiger partial charge on any atom is 0.335 e. The molecule has 0 aliphatic heterocycles. The Balaban J connectivity index is 3.28. The van der Waals surface area contributed by atoms with Crippen LogP contribution in [0.1, 0.15) is 29.8 Å². The number of sulfonamides is 1. The lowest BCUT2D eigenvalue weighted by Gasteiger charge is -2.20. The summed E-state index contributed by atoms with van der Waals surface area (Å²) in [4.78, 5) is 10.8. The minimum Gasteiger partial charge on any atom is -0.478 e. The van der Waals surface area contributed by atoms with Gasteiger partial charge in [-0.1, -0.05) is 11.6 Å². The SMILES string of the molecule is COC(C)[C@H](C)NS(=O)(=O)c1cc(C(=O)O)cc(C)c1Cl. The van der Waals surface area contributed by atoms with Gasteiger partial charge in [0.2, 0.25) is 10.0 Å². The molecule has 8 heteroatoms. The van der Waals surface area contributed by atoms with Gasteiger partial charge in [0.25, 0.3) is 0 Å². The van der Waals surface area contributed by atoms with Crippen LogP contribution in [0.15, 0.2) is 17.0 Å². The third-order valence-corrected chi connectivity index (χ3v) is 5.37. The number of methoxy groups -OCH3 is 1. The van der Waals surface area contributed by atoms with Crippen LogP contribution in [0.5, 0.6) is 0 Å². The predicted molar refractivity (Wildman–Crippen MR) is 79.4 cm³/mol. The monoisotopic (exact) mass is 335 g/mol. The van der Waals surface area contributed by atoms with E-state index in [1.165, 1.54) is 13.2 Å². The van der Waals surface area contributed by atoms with Crippen LogP contribution in [0.3, 0.4) is 0 Å². The molecule has 21 heavy (non-hydrogen) atoms. The Hall–Kier alpha value is -1.15. The summed E-state index contributed by atoms with van der Waals surface area (Å²) >= 11 is 6.01. The quantitative estimate of drug-likeness (QED) is 0.830. The first-order valence-corrected chi connectivity index (χ1v) is 8.04. The summed E-state index contributed by atoms with van der Waals surface area (Å²) in [6, 6.07) is 1.87. The zero-order chi connectivity index (χ0) is 16.4. The number of carboxylic acids is 1. The third kappa shape index (κ3) is 4.16. The number of carbonyl (C=O) groups is 1. The average molecular weight is 336 g/mol. The Kier molecular flexibility index (Phi) is 5.75. The predicted octanol–water partition coefficient (Wildman–Crippen LogP) is 2.05. The average Bonchev–Trinajstić information content (AvgIpc) is 2.39. The molecule has 0 amide bonds. The lowest BCUT2D eigenvalue weighted by Crippen LogP contribution is -2.40. The van der Waals surface area contributed by atoms with Crippen LogP contribution in [0.25, 0.3) is 0 Å². The highest BCUT2D eigenvalue weighted by Gasteiger charge is 2.25. The van der Waals surface area contributed by atoms with Gasteiger partial charge in [-0.05, 0) is 38.5 Å². The summed E-state index contributed by atoms with van der Waals surface area (Å²) in [7, 11) is -2.48. The van der Waals surface area contributed by atoms with Crippen molar-refractivity contribution in [2.75, 3.05) is 7.11 Å². The molecule has 6 nitrogen and oxygen atoms in total. The van der Waals surface area contributed by atoms with Crippen LogP contribution in [0.4, 0.5) is 0 Å². The van der Waals surface area contributed by atoms with Gasteiger partial charge in [-0.2, -0.15) is 0 Å². The van der Waals surface area contributed by atoms with Crippen LogP contribution in [-0.4, -0.2) is 38.7 Å². The van der Waals surface area contributed by atoms with E-state index in [0.717, 1.165) is 6.07 Å². The largest absolute Gasteiger partial charge is 0.478 e. The number of ether oxygens (including phenoxy) is 1. The van der Waals surface area contributed by atoms with Gasteiger partial charge in [0.1, 0.15) is 4.90 Å². The molecule has 0 saturated heterocycles. The summed E-state index contributed by atoms with van der Waals surface area (Å²) in [5.41, 5.74) is 0.245. The van der Waals surface area contributed by atoms with E-state index in [0.29, 0.717) is 5.56 Å². The molecule has 0 heterocycles. The van der Waals surface area contributed by atoms with E-state index in [4.69, 9.17) is 21.4 Å². The van der Waals surface area contributed by atoms with Gasteiger partial charge in [-0.25, -0.2) is 17.9 Å². The fourth-order valence-electron chi connectivity index (χ4n) is 1.66. The van der Waals surface area contributed by atoms with Crippen molar-refractivity contribution in [3.63, 3.8) is 0 Å². The molecule has 0 bridgehead atoms. The number of aromatic carboxylic acids is 1. The second-order valence-corrected chi connectivity index (χ2v) is 6.82. The van der Waals surface area contributed by atoms with Gasteiger partial charge in [-0.3, -0.25) is 0 Å². The molecule has 1 unspecified atom stereocenters. The highest BCUT2D eigenvalue weighted by molar-refractivity contribution is 7.89. The Morgan fingerprint density at radius 3 is 2.43 bits per heavy atom. The topological polar surface area (TPSA) is 92.7 Å². The van der Waals surface area contributed by atoms with Gasteiger partial charge < -0.3 is 9.84 Å². The second kappa shape index (κ2) is 6.74. The van der Waals surface area contributed by atoms with Gasteiger partial charge in [0.15, 0.2) is 0 Å². The fraction of sp³-hybridized carbons (Fsp3) is 0.462. The molecule has 0 spiro atoms. The van der Waals surface area contributed by atoms with Crippen LogP contribution in [-0.2, 0) is 14.8 Å². The molecule has 0 aromatic heterocycles. The van der Waals surface area contributed by atoms with E-state index in [1.807, 2.05) is 0 Å². The number of benzene rings is 1. The Morgan fingerprint density at radius 1 is 1.38 bits per heavy atom. The molecule has 1 rings (SSSR count). The minimum absolute atomic E-state index is 0.00442. The van der Waals surface area contributed by atoms with Gasteiger partial charge in [0.05, 0.1) is 16.7 Å². The summed E-state index contributed by atoms with van der Waals surface area (Å²) in [5, 5.41) is 9.02. The van der Waals surface area contributed by atoms with Crippen molar-refractivity contribution < 1.29 is 23.1 Å². The summed E-state index contributed by atoms with van der Waals surface area (Å²) in [5.74, 6) is -1.22. The Bertz CT molecular complexity index is 644. The zero-order valence-corrected chi connectivity index (χ0v) is 13.7. The number of carboxylic acid groups (broad SMARTS) is 1. The van der Waals surface area contributed by atoms with Gasteiger partial charge in [0, 0.05) is 13.2 Å². The standard InChI is InChI=1S/C13H18ClNO5S/c1-7-5-10(13(16)17)6-11(12(7)14)21(18,19)15-8(2)9(3)20-4/h5-6,8-9,15H,1-4H3,(H,16,17)/t8-,9?/m0/s1. The number of nitrogens with one attached hydrogen (secondary N) is 1. The molecular weight excluding hydrogens is 318 g/mol. The number of rotatable bonds is 6. The van der Waals surface area contributed by atoms with Crippen molar-refractivity contribution in [3.05, 3.63) is 28.3 Å². The molecule has 0 saturated carbocycles. The van der Waals surface area contributed by atoms with Crippen molar-refractivity contribution in [1.29, 1.82) is 0 Å². The number of hydrogen-bond acceptors (Lipinski definition) is 4.